The number of rotatable bonds is 3. The number of benzene rings is 1. The van der Waals surface area contributed by atoms with Crippen molar-refractivity contribution < 1.29 is 9.90 Å². The van der Waals surface area contributed by atoms with E-state index >= 15 is 0 Å². The van der Waals surface area contributed by atoms with Gasteiger partial charge in [0, 0.05) is 5.02 Å². The van der Waals surface area contributed by atoms with Gasteiger partial charge in [-0.15, -0.1) is 0 Å². The van der Waals surface area contributed by atoms with E-state index < -0.39 is 5.97 Å². The van der Waals surface area contributed by atoms with Gasteiger partial charge < -0.3 is 5.11 Å². The maximum atomic E-state index is 11.2. The van der Waals surface area contributed by atoms with Gasteiger partial charge in [-0.05, 0) is 47.9 Å². The second-order valence-electron chi connectivity index (χ2n) is 6.28. The van der Waals surface area contributed by atoms with Crippen molar-refractivity contribution in [3.05, 3.63) is 33.8 Å². The summed E-state index contributed by atoms with van der Waals surface area (Å²) in [5.74, 6) is -0.318. The van der Waals surface area contributed by atoms with Crippen molar-refractivity contribution in [1.29, 1.82) is 0 Å². The minimum atomic E-state index is -0.722. The average molecular weight is 293 g/mol. The summed E-state index contributed by atoms with van der Waals surface area (Å²) in [4.78, 5) is 11.2. The summed E-state index contributed by atoms with van der Waals surface area (Å²) >= 11 is 6.40. The van der Waals surface area contributed by atoms with Crippen LogP contribution in [0.2, 0.25) is 5.02 Å². The molecule has 0 radical (unpaired) electrons. The Bertz CT molecular complexity index is 518. The van der Waals surface area contributed by atoms with E-state index in [-0.39, 0.29) is 5.92 Å². The number of aliphatic carboxylic acids is 1. The molecule has 0 bridgehead atoms. The van der Waals surface area contributed by atoms with Crippen LogP contribution in [0, 0.1) is 5.92 Å². The molecule has 1 aromatic rings. The maximum absolute atomic E-state index is 11.2. The van der Waals surface area contributed by atoms with Gasteiger partial charge in [0.2, 0.25) is 0 Å². The molecule has 0 spiro atoms. The van der Waals surface area contributed by atoms with Crippen LogP contribution >= 0.6 is 11.6 Å². The van der Waals surface area contributed by atoms with Crippen LogP contribution in [0.5, 0.6) is 0 Å². The molecule has 1 N–H and O–H groups in total. The van der Waals surface area contributed by atoms with Gasteiger partial charge in [0.1, 0.15) is 0 Å². The number of carboxylic acid groups (broad SMARTS) is 1. The Morgan fingerprint density at radius 3 is 2.65 bits per heavy atom. The van der Waals surface area contributed by atoms with Crippen molar-refractivity contribution >= 4 is 17.6 Å². The smallest absolute Gasteiger partial charge is 0.310 e. The summed E-state index contributed by atoms with van der Waals surface area (Å²) in [6, 6.07) is 4.09. The van der Waals surface area contributed by atoms with Crippen LogP contribution in [-0.2, 0) is 17.6 Å². The molecule has 2 aliphatic carbocycles. The van der Waals surface area contributed by atoms with Crippen LogP contribution in [-0.4, -0.2) is 11.1 Å². The van der Waals surface area contributed by atoms with Gasteiger partial charge in [-0.3, -0.25) is 4.79 Å². The average Bonchev–Trinajstić information content (AvgIpc) is 2.83. The highest BCUT2D eigenvalue weighted by Crippen LogP contribution is 2.38. The molecule has 1 unspecified atom stereocenters. The summed E-state index contributed by atoms with van der Waals surface area (Å²) in [5.41, 5.74) is 3.37. The molecule has 0 saturated heterocycles. The fourth-order valence-electron chi connectivity index (χ4n) is 3.80. The Morgan fingerprint density at radius 1 is 1.20 bits per heavy atom. The largest absolute Gasteiger partial charge is 0.481 e. The van der Waals surface area contributed by atoms with E-state index in [2.05, 4.69) is 6.07 Å². The quantitative estimate of drug-likeness (QED) is 0.885. The minimum Gasteiger partial charge on any atom is -0.481 e. The van der Waals surface area contributed by atoms with Crippen LogP contribution in [0.15, 0.2) is 12.1 Å². The van der Waals surface area contributed by atoms with E-state index in [0.717, 1.165) is 29.3 Å². The number of carboxylic acids is 1. The maximum Gasteiger partial charge on any atom is 0.310 e. The molecule has 1 atom stereocenters. The van der Waals surface area contributed by atoms with Gasteiger partial charge in [-0.25, -0.2) is 0 Å². The third-order valence-electron chi connectivity index (χ3n) is 4.92. The predicted molar refractivity (Wildman–Crippen MR) is 80.4 cm³/mol. The third-order valence-corrected chi connectivity index (χ3v) is 5.27. The van der Waals surface area contributed by atoms with Gasteiger partial charge in [0.15, 0.2) is 0 Å². The monoisotopic (exact) mass is 292 g/mol. The fraction of sp³-hybridized carbons (Fsp3) is 0.588. The lowest BCUT2D eigenvalue weighted by molar-refractivity contribution is -0.138. The van der Waals surface area contributed by atoms with E-state index in [9.17, 15) is 9.90 Å². The Morgan fingerprint density at radius 2 is 1.95 bits per heavy atom. The second kappa shape index (κ2) is 5.77. The molecular weight excluding hydrogens is 272 g/mol. The van der Waals surface area contributed by atoms with Crippen molar-refractivity contribution in [2.24, 2.45) is 5.92 Å². The van der Waals surface area contributed by atoms with Crippen LogP contribution in [0.1, 0.15) is 61.1 Å². The lowest BCUT2D eigenvalue weighted by Gasteiger charge is -2.22. The van der Waals surface area contributed by atoms with Crippen LogP contribution in [0.3, 0.4) is 0 Å². The number of halogens is 1. The van der Waals surface area contributed by atoms with Gasteiger partial charge in [0.05, 0.1) is 5.92 Å². The number of aryl methyl sites for hydroxylation is 1. The first-order valence-electron chi connectivity index (χ1n) is 7.69. The number of fused-ring (bicyclic) bond motifs is 1. The molecule has 1 saturated carbocycles. The highest BCUT2D eigenvalue weighted by atomic mass is 35.5. The number of hydrogen-bond donors (Lipinski definition) is 1. The summed E-state index contributed by atoms with van der Waals surface area (Å²) in [7, 11) is 0. The predicted octanol–water partition coefficient (Wildman–Crippen LogP) is 4.58. The molecular formula is C17H21ClO2. The SMILES string of the molecule is O=C(O)C1CCc2cc(CC3CCCCC3)c(Cl)cc21. The first-order valence-corrected chi connectivity index (χ1v) is 8.07. The van der Waals surface area contributed by atoms with Crippen molar-refractivity contribution in [2.75, 3.05) is 0 Å². The second-order valence-corrected chi connectivity index (χ2v) is 6.69. The standard InChI is InChI=1S/C17H21ClO2/c18-16-10-15-12(6-7-14(15)17(19)20)9-13(16)8-11-4-2-1-3-5-11/h9-11,14H,1-8H2,(H,19,20). The van der Waals surface area contributed by atoms with E-state index in [4.69, 9.17) is 11.6 Å². The molecule has 1 aromatic carbocycles. The van der Waals surface area contributed by atoms with E-state index in [1.54, 1.807) is 0 Å². The zero-order valence-corrected chi connectivity index (χ0v) is 12.5. The molecule has 0 aromatic heterocycles. The number of hydrogen-bond acceptors (Lipinski definition) is 1. The molecule has 3 heteroatoms. The summed E-state index contributed by atoms with van der Waals surface area (Å²) in [5, 5.41) is 10.0. The van der Waals surface area contributed by atoms with Crippen molar-refractivity contribution in [1.82, 2.24) is 0 Å². The summed E-state index contributed by atoms with van der Waals surface area (Å²) in [6.07, 6.45) is 9.33. The Kier molecular flexibility index (Phi) is 4.02. The van der Waals surface area contributed by atoms with Crippen LogP contribution in [0.25, 0.3) is 0 Å². The minimum absolute atomic E-state index is 0.355. The lowest BCUT2D eigenvalue weighted by atomic mass is 9.84. The lowest BCUT2D eigenvalue weighted by Crippen LogP contribution is -2.10. The summed E-state index contributed by atoms with van der Waals surface area (Å²) in [6.45, 7) is 0. The van der Waals surface area contributed by atoms with Crippen molar-refractivity contribution in [2.45, 2.75) is 57.3 Å². The van der Waals surface area contributed by atoms with Gasteiger partial charge in [-0.1, -0.05) is 49.8 Å². The van der Waals surface area contributed by atoms with Gasteiger partial charge >= 0.3 is 5.97 Å². The molecule has 108 valence electrons. The van der Waals surface area contributed by atoms with E-state index in [1.807, 2.05) is 6.07 Å². The molecule has 0 heterocycles. The van der Waals surface area contributed by atoms with Crippen molar-refractivity contribution in [3.63, 3.8) is 0 Å². The summed E-state index contributed by atoms with van der Waals surface area (Å²) < 4.78 is 0. The topological polar surface area (TPSA) is 37.3 Å². The Labute approximate surface area is 125 Å². The normalized spacial score (nSPS) is 22.8. The molecule has 1 fully saturated rings. The van der Waals surface area contributed by atoms with Gasteiger partial charge in [-0.2, -0.15) is 0 Å². The fourth-order valence-corrected chi connectivity index (χ4v) is 4.05. The zero-order valence-electron chi connectivity index (χ0n) is 11.7. The zero-order chi connectivity index (χ0) is 14.1. The molecule has 3 rings (SSSR count). The highest BCUT2D eigenvalue weighted by Gasteiger charge is 2.29. The first-order chi connectivity index (χ1) is 9.65. The first kappa shape index (κ1) is 13.9. The van der Waals surface area contributed by atoms with E-state index in [1.165, 1.54) is 43.2 Å². The molecule has 2 aliphatic rings. The van der Waals surface area contributed by atoms with Crippen LogP contribution < -0.4 is 0 Å². The highest BCUT2D eigenvalue weighted by molar-refractivity contribution is 6.31. The molecule has 2 nitrogen and oxygen atoms in total. The molecule has 0 aliphatic heterocycles. The Hall–Kier alpha value is -1.02. The number of carbonyl (C=O) groups is 1. The van der Waals surface area contributed by atoms with Crippen molar-refractivity contribution in [3.8, 4) is 0 Å². The van der Waals surface area contributed by atoms with Gasteiger partial charge in [0.25, 0.3) is 0 Å². The van der Waals surface area contributed by atoms with E-state index in [0.29, 0.717) is 6.42 Å². The Balaban J connectivity index is 1.82. The molecule has 0 amide bonds. The van der Waals surface area contributed by atoms with Crippen LogP contribution in [0.4, 0.5) is 0 Å². The molecule has 20 heavy (non-hydrogen) atoms. The third kappa shape index (κ3) is 2.71.